The van der Waals surface area contributed by atoms with E-state index in [9.17, 15) is 19.7 Å². The zero-order valence-electron chi connectivity index (χ0n) is 14.2. The fourth-order valence-corrected chi connectivity index (χ4v) is 2.50. The van der Waals surface area contributed by atoms with Crippen LogP contribution in [0.15, 0.2) is 48.5 Å². The Morgan fingerprint density at radius 1 is 1.23 bits per heavy atom. The van der Waals surface area contributed by atoms with Gasteiger partial charge < -0.3 is 10.5 Å². The molecule has 26 heavy (non-hydrogen) atoms. The molecule has 2 aromatic carbocycles. The molecule has 0 heterocycles. The van der Waals surface area contributed by atoms with Gasteiger partial charge in [0.1, 0.15) is 6.04 Å². The van der Waals surface area contributed by atoms with E-state index in [1.165, 1.54) is 19.2 Å². The van der Waals surface area contributed by atoms with Gasteiger partial charge in [-0.2, -0.15) is 0 Å². The number of hydrogen-bond acceptors (Lipinski definition) is 6. The molecule has 0 aliphatic heterocycles. The average Bonchev–Trinajstić information content (AvgIpc) is 2.64. The van der Waals surface area contributed by atoms with Crippen LogP contribution < -0.4 is 11.1 Å². The molecular formula is C18H19N3O5. The van der Waals surface area contributed by atoms with Crippen molar-refractivity contribution in [3.63, 3.8) is 0 Å². The van der Waals surface area contributed by atoms with Gasteiger partial charge in [-0.1, -0.05) is 36.4 Å². The minimum atomic E-state index is -0.746. The number of methoxy groups -OCH3 is 1. The molecule has 0 saturated heterocycles. The van der Waals surface area contributed by atoms with Crippen molar-refractivity contribution in [3.05, 3.63) is 75.3 Å². The SMILES string of the molecule is COC(=O)[C@H](Cc1ccccc1)NCc1ccc(C(N)=O)cc1[N+](=O)[O-]. The summed E-state index contributed by atoms with van der Waals surface area (Å²) in [7, 11) is 1.28. The molecule has 3 N–H and O–H groups in total. The molecule has 1 atom stereocenters. The van der Waals surface area contributed by atoms with E-state index in [0.29, 0.717) is 12.0 Å². The van der Waals surface area contributed by atoms with E-state index in [1.807, 2.05) is 30.3 Å². The van der Waals surface area contributed by atoms with Crippen LogP contribution in [-0.4, -0.2) is 30.0 Å². The molecule has 0 fully saturated rings. The number of ether oxygens (including phenoxy) is 1. The molecule has 136 valence electrons. The van der Waals surface area contributed by atoms with Gasteiger partial charge in [0.05, 0.1) is 12.0 Å². The van der Waals surface area contributed by atoms with E-state index >= 15 is 0 Å². The van der Waals surface area contributed by atoms with Gasteiger partial charge in [0.15, 0.2) is 0 Å². The van der Waals surface area contributed by atoms with Crippen LogP contribution in [0.1, 0.15) is 21.5 Å². The molecule has 0 aromatic heterocycles. The highest BCUT2D eigenvalue weighted by molar-refractivity contribution is 5.93. The first-order valence-electron chi connectivity index (χ1n) is 7.84. The molecule has 0 radical (unpaired) electrons. The Bertz CT molecular complexity index is 808. The summed E-state index contributed by atoms with van der Waals surface area (Å²) >= 11 is 0. The summed E-state index contributed by atoms with van der Waals surface area (Å²) in [6, 6.07) is 12.7. The highest BCUT2D eigenvalue weighted by Gasteiger charge is 2.22. The molecule has 2 aromatic rings. The number of rotatable bonds is 8. The van der Waals surface area contributed by atoms with Gasteiger partial charge in [0.25, 0.3) is 5.69 Å². The maximum atomic E-state index is 12.0. The lowest BCUT2D eigenvalue weighted by Crippen LogP contribution is -2.39. The number of primary amides is 1. The van der Waals surface area contributed by atoms with Crippen molar-refractivity contribution in [3.8, 4) is 0 Å². The molecule has 0 unspecified atom stereocenters. The summed E-state index contributed by atoms with van der Waals surface area (Å²) in [5.74, 6) is -1.21. The van der Waals surface area contributed by atoms with Crippen LogP contribution in [0.3, 0.4) is 0 Å². The Labute approximate surface area is 150 Å². The predicted molar refractivity (Wildman–Crippen MR) is 94.4 cm³/mol. The lowest BCUT2D eigenvalue weighted by Gasteiger charge is -2.17. The lowest BCUT2D eigenvalue weighted by atomic mass is 10.0. The Hall–Kier alpha value is -3.26. The number of hydrogen-bond donors (Lipinski definition) is 2. The van der Waals surface area contributed by atoms with Gasteiger partial charge in [-0.15, -0.1) is 0 Å². The number of nitro benzene ring substituents is 1. The normalized spacial score (nSPS) is 11.6. The molecule has 0 aliphatic rings. The summed E-state index contributed by atoms with van der Waals surface area (Å²) in [5, 5.41) is 14.2. The molecule has 8 nitrogen and oxygen atoms in total. The second kappa shape index (κ2) is 8.72. The van der Waals surface area contributed by atoms with E-state index in [2.05, 4.69) is 5.32 Å². The van der Waals surface area contributed by atoms with E-state index in [-0.39, 0.29) is 17.8 Å². The third kappa shape index (κ3) is 4.87. The molecule has 0 bridgehead atoms. The molecule has 0 saturated carbocycles. The average molecular weight is 357 g/mol. The third-order valence-corrected chi connectivity index (χ3v) is 3.87. The number of benzene rings is 2. The summed E-state index contributed by atoms with van der Waals surface area (Å²) < 4.78 is 4.80. The third-order valence-electron chi connectivity index (χ3n) is 3.87. The number of amides is 1. The molecule has 2 rings (SSSR count). The van der Waals surface area contributed by atoms with Crippen molar-refractivity contribution in [1.29, 1.82) is 0 Å². The van der Waals surface area contributed by atoms with E-state index < -0.39 is 22.8 Å². The van der Waals surface area contributed by atoms with Gasteiger partial charge >= 0.3 is 5.97 Å². The number of esters is 1. The van der Waals surface area contributed by atoms with Crippen LogP contribution in [0.2, 0.25) is 0 Å². The first-order chi connectivity index (χ1) is 12.4. The first kappa shape index (κ1) is 19.1. The molecule has 0 aliphatic carbocycles. The molecule has 0 spiro atoms. The van der Waals surface area contributed by atoms with E-state index in [0.717, 1.165) is 11.6 Å². The summed E-state index contributed by atoms with van der Waals surface area (Å²) in [4.78, 5) is 33.9. The second-order valence-corrected chi connectivity index (χ2v) is 5.61. The quantitative estimate of drug-likeness (QED) is 0.420. The number of nitrogens with one attached hydrogen (secondary N) is 1. The number of nitro groups is 1. The van der Waals surface area contributed by atoms with Gasteiger partial charge in [-0.25, -0.2) is 0 Å². The van der Waals surface area contributed by atoms with Crippen LogP contribution in [0.4, 0.5) is 5.69 Å². The Kier molecular flexibility index (Phi) is 6.40. The van der Waals surface area contributed by atoms with Crippen LogP contribution >= 0.6 is 0 Å². The van der Waals surface area contributed by atoms with Crippen molar-refractivity contribution in [2.45, 2.75) is 19.0 Å². The minimum absolute atomic E-state index is 0.0502. The van der Waals surface area contributed by atoms with Gasteiger partial charge in [-0.05, 0) is 18.1 Å². The topological polar surface area (TPSA) is 125 Å². The first-order valence-corrected chi connectivity index (χ1v) is 7.84. The minimum Gasteiger partial charge on any atom is -0.468 e. The zero-order valence-corrected chi connectivity index (χ0v) is 14.2. The van der Waals surface area contributed by atoms with Crippen LogP contribution in [-0.2, 0) is 22.5 Å². The van der Waals surface area contributed by atoms with Crippen molar-refractivity contribution in [2.75, 3.05) is 7.11 Å². The fourth-order valence-electron chi connectivity index (χ4n) is 2.50. The van der Waals surface area contributed by atoms with Gasteiger partial charge in [0, 0.05) is 23.7 Å². The lowest BCUT2D eigenvalue weighted by molar-refractivity contribution is -0.385. The molecular weight excluding hydrogens is 338 g/mol. The van der Waals surface area contributed by atoms with Crippen molar-refractivity contribution in [1.82, 2.24) is 5.32 Å². The molecule has 1 amide bonds. The van der Waals surface area contributed by atoms with Crippen LogP contribution in [0.25, 0.3) is 0 Å². The maximum absolute atomic E-state index is 12.0. The fraction of sp³-hybridized carbons (Fsp3) is 0.222. The van der Waals surface area contributed by atoms with Crippen molar-refractivity contribution < 1.29 is 19.2 Å². The standard InChI is InChI=1S/C18H19N3O5/c1-26-18(23)15(9-12-5-3-2-4-6-12)20-11-14-8-7-13(17(19)22)10-16(14)21(24)25/h2-8,10,15,20H,9,11H2,1H3,(H2,19,22)/t15-/m0/s1. The Morgan fingerprint density at radius 2 is 1.92 bits per heavy atom. The monoisotopic (exact) mass is 357 g/mol. The van der Waals surface area contributed by atoms with Gasteiger partial charge in [0.2, 0.25) is 5.91 Å². The van der Waals surface area contributed by atoms with Gasteiger partial charge in [-0.3, -0.25) is 25.0 Å². The second-order valence-electron chi connectivity index (χ2n) is 5.61. The van der Waals surface area contributed by atoms with Crippen LogP contribution in [0.5, 0.6) is 0 Å². The summed E-state index contributed by atoms with van der Waals surface area (Å²) in [5.41, 5.74) is 6.23. The van der Waals surface area contributed by atoms with E-state index in [1.54, 1.807) is 0 Å². The smallest absolute Gasteiger partial charge is 0.323 e. The van der Waals surface area contributed by atoms with E-state index in [4.69, 9.17) is 10.5 Å². The number of carbonyl (C=O) groups excluding carboxylic acids is 2. The number of nitrogens with zero attached hydrogens (tertiary/aromatic N) is 1. The van der Waals surface area contributed by atoms with Crippen molar-refractivity contribution >= 4 is 17.6 Å². The highest BCUT2D eigenvalue weighted by Crippen LogP contribution is 2.20. The Balaban J connectivity index is 2.18. The zero-order chi connectivity index (χ0) is 19.1. The molecule has 8 heteroatoms. The van der Waals surface area contributed by atoms with Crippen LogP contribution in [0, 0.1) is 10.1 Å². The highest BCUT2D eigenvalue weighted by atomic mass is 16.6. The number of nitrogens with two attached hydrogens (primary N) is 1. The number of carbonyl (C=O) groups is 2. The van der Waals surface area contributed by atoms with Crippen molar-refractivity contribution in [2.24, 2.45) is 5.73 Å². The summed E-state index contributed by atoms with van der Waals surface area (Å²) in [6.07, 6.45) is 0.376. The Morgan fingerprint density at radius 3 is 2.50 bits per heavy atom. The maximum Gasteiger partial charge on any atom is 0.323 e. The predicted octanol–water partition coefficient (Wildman–Crippen LogP) is 1.57. The summed E-state index contributed by atoms with van der Waals surface area (Å²) in [6.45, 7) is 0.0575. The largest absolute Gasteiger partial charge is 0.468 e.